The van der Waals surface area contributed by atoms with Crippen molar-refractivity contribution in [3.05, 3.63) is 60.2 Å². The number of amides is 3. The summed E-state index contributed by atoms with van der Waals surface area (Å²) in [6, 6.07) is 17.3. The number of benzene rings is 2. The number of carbonyl (C=O) groups is 3. The Balaban J connectivity index is 1.46. The molecule has 3 amide bonds. The lowest BCUT2D eigenvalue weighted by Crippen LogP contribution is -2.73. The monoisotopic (exact) mass is 461 g/mol. The number of piperazine rings is 1. The van der Waals surface area contributed by atoms with Gasteiger partial charge in [0.25, 0.3) is 5.91 Å². The van der Waals surface area contributed by atoms with Gasteiger partial charge >= 0.3 is 0 Å². The molecule has 6 heteroatoms. The van der Waals surface area contributed by atoms with Crippen molar-refractivity contribution in [1.29, 1.82) is 0 Å². The van der Waals surface area contributed by atoms with Crippen molar-refractivity contribution in [2.75, 3.05) is 19.6 Å². The lowest BCUT2D eigenvalue weighted by molar-refractivity contribution is -0.161. The third kappa shape index (κ3) is 4.59. The zero-order valence-electron chi connectivity index (χ0n) is 20.4. The van der Waals surface area contributed by atoms with Crippen molar-refractivity contribution in [3.8, 4) is 11.1 Å². The lowest BCUT2D eigenvalue weighted by Gasteiger charge is -2.51. The minimum absolute atomic E-state index is 0.0198. The standard InChI is InChI=1S/C28H35N3O3/c1-4-16-31-26(33)24(19-20(2)3)29-27(34)28(31)14-17-30(18-15-28)25(32)23-12-10-22(11-13-23)21-8-6-5-7-9-21/h5-13,20,24H,4,14-19H2,1-3H3,(H,29,34). The molecule has 2 aromatic rings. The van der Waals surface area contributed by atoms with E-state index in [1.54, 1.807) is 0 Å². The largest absolute Gasteiger partial charge is 0.342 e. The summed E-state index contributed by atoms with van der Waals surface area (Å²) in [7, 11) is 0. The Kier molecular flexibility index (Phi) is 7.05. The van der Waals surface area contributed by atoms with Gasteiger partial charge in [0.2, 0.25) is 11.8 Å². The van der Waals surface area contributed by atoms with E-state index in [0.29, 0.717) is 50.4 Å². The number of carbonyl (C=O) groups excluding carboxylic acids is 3. The fourth-order valence-electron chi connectivity index (χ4n) is 5.25. The van der Waals surface area contributed by atoms with Gasteiger partial charge in [-0.15, -0.1) is 0 Å². The molecule has 1 unspecified atom stereocenters. The molecule has 0 aliphatic carbocycles. The number of hydrogen-bond acceptors (Lipinski definition) is 3. The summed E-state index contributed by atoms with van der Waals surface area (Å²) in [5, 5.41) is 3.01. The number of likely N-dealkylation sites (tertiary alicyclic amines) is 1. The molecule has 2 heterocycles. The molecule has 2 aliphatic heterocycles. The molecule has 1 N–H and O–H groups in total. The first-order valence-corrected chi connectivity index (χ1v) is 12.4. The average Bonchev–Trinajstić information content (AvgIpc) is 2.85. The second-order valence-electron chi connectivity index (χ2n) is 9.91. The quantitative estimate of drug-likeness (QED) is 0.704. The average molecular weight is 462 g/mol. The highest BCUT2D eigenvalue weighted by Gasteiger charge is 2.53. The molecular weight excluding hydrogens is 426 g/mol. The van der Waals surface area contributed by atoms with Crippen LogP contribution in [0.2, 0.25) is 0 Å². The SMILES string of the molecule is CCCN1C(=O)C(CC(C)C)NC(=O)C12CCN(C(=O)c1ccc(-c3ccccc3)cc1)CC2. The van der Waals surface area contributed by atoms with Gasteiger partial charge in [0, 0.05) is 25.2 Å². The molecular formula is C28H35N3O3. The molecule has 0 bridgehead atoms. The van der Waals surface area contributed by atoms with Crippen LogP contribution in [0.1, 0.15) is 56.8 Å². The van der Waals surface area contributed by atoms with Crippen LogP contribution in [-0.4, -0.2) is 58.7 Å². The molecule has 34 heavy (non-hydrogen) atoms. The summed E-state index contributed by atoms with van der Waals surface area (Å²) in [4.78, 5) is 43.4. The number of hydrogen-bond donors (Lipinski definition) is 1. The molecule has 2 fully saturated rings. The number of piperidine rings is 1. The van der Waals surface area contributed by atoms with E-state index < -0.39 is 11.6 Å². The number of rotatable bonds is 6. The first-order valence-electron chi connectivity index (χ1n) is 12.4. The second-order valence-corrected chi connectivity index (χ2v) is 9.91. The van der Waals surface area contributed by atoms with Crippen LogP contribution in [0.3, 0.4) is 0 Å². The van der Waals surface area contributed by atoms with Gasteiger partial charge in [0.1, 0.15) is 11.6 Å². The highest BCUT2D eigenvalue weighted by molar-refractivity contribution is 6.00. The zero-order chi connectivity index (χ0) is 24.3. The molecule has 1 atom stereocenters. The Morgan fingerprint density at radius 3 is 2.21 bits per heavy atom. The van der Waals surface area contributed by atoms with Gasteiger partial charge < -0.3 is 15.1 Å². The molecule has 6 nitrogen and oxygen atoms in total. The molecule has 1 spiro atoms. The predicted molar refractivity (Wildman–Crippen MR) is 133 cm³/mol. The Labute approximate surface area is 202 Å². The van der Waals surface area contributed by atoms with Gasteiger partial charge in [-0.1, -0.05) is 63.2 Å². The van der Waals surface area contributed by atoms with Crippen molar-refractivity contribution in [3.63, 3.8) is 0 Å². The number of nitrogens with one attached hydrogen (secondary N) is 1. The highest BCUT2D eigenvalue weighted by atomic mass is 16.2. The Morgan fingerprint density at radius 2 is 1.62 bits per heavy atom. The first kappa shape index (κ1) is 24.0. The van der Waals surface area contributed by atoms with E-state index in [2.05, 4.69) is 19.2 Å². The summed E-state index contributed by atoms with van der Waals surface area (Å²) in [6.45, 7) is 7.62. The fraction of sp³-hybridized carbons (Fsp3) is 0.464. The summed E-state index contributed by atoms with van der Waals surface area (Å²) in [5.74, 6) is 0.244. The Bertz CT molecular complexity index is 1020. The van der Waals surface area contributed by atoms with Crippen LogP contribution in [0.4, 0.5) is 0 Å². The van der Waals surface area contributed by atoms with E-state index in [1.807, 2.05) is 71.3 Å². The fourth-order valence-corrected chi connectivity index (χ4v) is 5.25. The molecule has 2 saturated heterocycles. The summed E-state index contributed by atoms with van der Waals surface area (Å²) in [5.41, 5.74) is 1.97. The minimum atomic E-state index is -0.853. The Hall–Kier alpha value is -3.15. The summed E-state index contributed by atoms with van der Waals surface area (Å²) in [6.07, 6.45) is 2.37. The van der Waals surface area contributed by atoms with Gasteiger partial charge in [0.05, 0.1) is 0 Å². The third-order valence-electron chi connectivity index (χ3n) is 7.08. The Morgan fingerprint density at radius 1 is 1.00 bits per heavy atom. The van der Waals surface area contributed by atoms with E-state index in [1.165, 1.54) is 0 Å². The number of nitrogens with zero attached hydrogens (tertiary/aromatic N) is 2. The first-order chi connectivity index (χ1) is 16.4. The van der Waals surface area contributed by atoms with Crippen molar-refractivity contribution >= 4 is 17.7 Å². The normalized spacial score (nSPS) is 20.1. The maximum Gasteiger partial charge on any atom is 0.253 e. The van der Waals surface area contributed by atoms with Crippen LogP contribution in [0, 0.1) is 5.92 Å². The van der Waals surface area contributed by atoms with E-state index >= 15 is 0 Å². The van der Waals surface area contributed by atoms with Crippen LogP contribution >= 0.6 is 0 Å². The van der Waals surface area contributed by atoms with Crippen LogP contribution in [0.25, 0.3) is 11.1 Å². The van der Waals surface area contributed by atoms with Gasteiger partial charge in [-0.2, -0.15) is 0 Å². The topological polar surface area (TPSA) is 69.7 Å². The van der Waals surface area contributed by atoms with Gasteiger partial charge in [-0.25, -0.2) is 0 Å². The van der Waals surface area contributed by atoms with E-state index in [4.69, 9.17) is 0 Å². The molecule has 0 radical (unpaired) electrons. The van der Waals surface area contributed by atoms with Crippen LogP contribution in [0.5, 0.6) is 0 Å². The van der Waals surface area contributed by atoms with E-state index in [9.17, 15) is 14.4 Å². The maximum absolute atomic E-state index is 13.3. The van der Waals surface area contributed by atoms with E-state index in [-0.39, 0.29) is 17.7 Å². The zero-order valence-corrected chi connectivity index (χ0v) is 20.4. The van der Waals surface area contributed by atoms with Crippen molar-refractivity contribution in [2.45, 2.75) is 58.0 Å². The second kappa shape index (κ2) is 10.00. The minimum Gasteiger partial charge on any atom is -0.342 e. The molecule has 4 rings (SSSR count). The highest BCUT2D eigenvalue weighted by Crippen LogP contribution is 2.34. The third-order valence-corrected chi connectivity index (χ3v) is 7.08. The van der Waals surface area contributed by atoms with Gasteiger partial charge in [-0.05, 0) is 54.9 Å². The molecule has 0 aromatic heterocycles. The van der Waals surface area contributed by atoms with Crippen LogP contribution < -0.4 is 5.32 Å². The van der Waals surface area contributed by atoms with E-state index in [0.717, 1.165) is 17.5 Å². The van der Waals surface area contributed by atoms with Gasteiger partial charge in [-0.3, -0.25) is 14.4 Å². The van der Waals surface area contributed by atoms with Crippen molar-refractivity contribution in [2.24, 2.45) is 5.92 Å². The molecule has 2 aromatic carbocycles. The van der Waals surface area contributed by atoms with Crippen LogP contribution in [-0.2, 0) is 9.59 Å². The van der Waals surface area contributed by atoms with Gasteiger partial charge in [0.15, 0.2) is 0 Å². The van der Waals surface area contributed by atoms with Crippen LogP contribution in [0.15, 0.2) is 54.6 Å². The maximum atomic E-state index is 13.3. The molecule has 2 aliphatic rings. The van der Waals surface area contributed by atoms with Crippen molar-refractivity contribution < 1.29 is 14.4 Å². The van der Waals surface area contributed by atoms with Crippen molar-refractivity contribution in [1.82, 2.24) is 15.1 Å². The summed E-state index contributed by atoms with van der Waals surface area (Å²) >= 11 is 0. The summed E-state index contributed by atoms with van der Waals surface area (Å²) < 4.78 is 0. The molecule has 0 saturated carbocycles. The smallest absolute Gasteiger partial charge is 0.253 e. The lowest BCUT2D eigenvalue weighted by atomic mass is 9.80. The molecule has 180 valence electrons. The predicted octanol–water partition coefficient (Wildman–Crippen LogP) is 4.11.